The average molecular weight is 302 g/mol. The summed E-state index contributed by atoms with van der Waals surface area (Å²) in [5.74, 6) is 0. The van der Waals surface area contributed by atoms with Crippen LogP contribution < -0.4 is 10.3 Å². The zero-order valence-corrected chi connectivity index (χ0v) is 12.2. The summed E-state index contributed by atoms with van der Waals surface area (Å²) < 4.78 is 27.8. The molecule has 0 aliphatic carbocycles. The van der Waals surface area contributed by atoms with Gasteiger partial charge in [0.25, 0.3) is 15.8 Å². The van der Waals surface area contributed by atoms with Crippen molar-refractivity contribution in [1.29, 1.82) is 0 Å². The summed E-state index contributed by atoms with van der Waals surface area (Å²) in [5.41, 5.74) is -0.157. The van der Waals surface area contributed by atoms with E-state index in [0.717, 1.165) is 4.31 Å². The van der Waals surface area contributed by atoms with E-state index in [-0.39, 0.29) is 18.6 Å². The second kappa shape index (κ2) is 5.37. The quantitative estimate of drug-likeness (QED) is 0.833. The highest BCUT2D eigenvalue weighted by Crippen LogP contribution is 2.12. The molecule has 0 unspecified atom stereocenters. The van der Waals surface area contributed by atoms with Crippen molar-refractivity contribution in [2.24, 2.45) is 0 Å². The first-order valence-electron chi connectivity index (χ1n) is 5.51. The Balaban J connectivity index is 2.11. The summed E-state index contributed by atoms with van der Waals surface area (Å²) in [4.78, 5) is 16.9. The van der Waals surface area contributed by atoms with Gasteiger partial charge >= 0.3 is 0 Å². The Kier molecular flexibility index (Phi) is 3.99. The van der Waals surface area contributed by atoms with Crippen LogP contribution in [0.1, 0.15) is 0 Å². The molecular formula is C10H14N4O3S2. The van der Waals surface area contributed by atoms with Gasteiger partial charge in [-0.2, -0.15) is 12.7 Å². The number of hydrogen-bond acceptors (Lipinski definition) is 5. The molecule has 2 aromatic heterocycles. The third-order valence-electron chi connectivity index (χ3n) is 2.57. The Morgan fingerprint density at radius 1 is 1.47 bits per heavy atom. The van der Waals surface area contributed by atoms with E-state index in [1.807, 2.05) is 0 Å². The fraction of sp³-hybridized carbons (Fsp3) is 0.400. The van der Waals surface area contributed by atoms with E-state index in [9.17, 15) is 13.2 Å². The van der Waals surface area contributed by atoms with Gasteiger partial charge in [0, 0.05) is 27.2 Å². The van der Waals surface area contributed by atoms with Crippen LogP contribution in [-0.4, -0.2) is 42.9 Å². The van der Waals surface area contributed by atoms with Gasteiger partial charge in [0.15, 0.2) is 0 Å². The Morgan fingerprint density at radius 3 is 2.89 bits per heavy atom. The second-order valence-corrected chi connectivity index (χ2v) is 6.93. The topological polar surface area (TPSA) is 84.3 Å². The van der Waals surface area contributed by atoms with Crippen LogP contribution in [0, 0.1) is 0 Å². The first-order chi connectivity index (χ1) is 8.92. The Bertz CT molecular complexity index is 733. The lowest BCUT2D eigenvalue weighted by Gasteiger charge is -2.12. The number of hydrogen-bond donors (Lipinski definition) is 1. The predicted molar refractivity (Wildman–Crippen MR) is 74.5 cm³/mol. The third-order valence-corrected chi connectivity index (χ3v) is 4.92. The maximum atomic E-state index is 12.0. The van der Waals surface area contributed by atoms with Gasteiger partial charge in [-0.05, 0) is 11.4 Å². The van der Waals surface area contributed by atoms with Gasteiger partial charge < -0.3 is 0 Å². The molecule has 0 saturated carbocycles. The minimum Gasteiger partial charge on any atom is -0.297 e. The molecule has 2 aromatic rings. The van der Waals surface area contributed by atoms with Crippen molar-refractivity contribution in [2.75, 3.05) is 20.6 Å². The molecule has 0 aliphatic rings. The molecule has 0 fully saturated rings. The van der Waals surface area contributed by atoms with E-state index < -0.39 is 10.2 Å². The Hall–Kier alpha value is -1.29. The van der Waals surface area contributed by atoms with Gasteiger partial charge in [-0.25, -0.2) is 9.71 Å². The van der Waals surface area contributed by atoms with Crippen molar-refractivity contribution in [1.82, 2.24) is 18.6 Å². The predicted octanol–water partition coefficient (Wildman–Crippen LogP) is -0.146. The van der Waals surface area contributed by atoms with Crippen molar-refractivity contribution in [3.8, 4) is 0 Å². The highest BCUT2D eigenvalue weighted by Gasteiger charge is 2.12. The lowest BCUT2D eigenvalue weighted by molar-refractivity contribution is 0.500. The summed E-state index contributed by atoms with van der Waals surface area (Å²) in [6.45, 7) is 0.377. The fourth-order valence-corrected chi connectivity index (χ4v) is 2.81. The standard InChI is InChI=1S/C10H14N4O3S2/c1-13(2)19(16,17)12-4-5-14-7-11-9-8(10(14)15)3-6-18-9/h3,6-7,12H,4-5H2,1-2H3. The van der Waals surface area contributed by atoms with Crippen LogP contribution in [0.2, 0.25) is 0 Å². The molecule has 0 amide bonds. The zero-order valence-electron chi connectivity index (χ0n) is 10.5. The molecule has 0 radical (unpaired) electrons. The van der Waals surface area contributed by atoms with E-state index in [1.54, 1.807) is 11.4 Å². The van der Waals surface area contributed by atoms with Crippen LogP contribution in [0.4, 0.5) is 0 Å². The highest BCUT2D eigenvalue weighted by atomic mass is 32.2. The van der Waals surface area contributed by atoms with Crippen LogP contribution >= 0.6 is 11.3 Å². The Labute approximate surface area is 114 Å². The van der Waals surface area contributed by atoms with E-state index in [1.165, 1.54) is 36.3 Å². The van der Waals surface area contributed by atoms with Crippen molar-refractivity contribution in [2.45, 2.75) is 6.54 Å². The van der Waals surface area contributed by atoms with Gasteiger partial charge in [-0.3, -0.25) is 9.36 Å². The molecule has 104 valence electrons. The largest absolute Gasteiger partial charge is 0.297 e. The molecular weight excluding hydrogens is 288 g/mol. The normalized spacial score (nSPS) is 12.4. The first kappa shape index (κ1) is 14.1. The number of fused-ring (bicyclic) bond motifs is 1. The fourth-order valence-electron chi connectivity index (χ4n) is 1.48. The van der Waals surface area contributed by atoms with Crippen LogP contribution in [0.3, 0.4) is 0 Å². The summed E-state index contributed by atoms with van der Waals surface area (Å²) in [6.07, 6.45) is 1.44. The third kappa shape index (κ3) is 3.00. The summed E-state index contributed by atoms with van der Waals surface area (Å²) in [7, 11) is -0.587. The van der Waals surface area contributed by atoms with Crippen molar-refractivity contribution in [3.05, 3.63) is 28.1 Å². The second-order valence-electron chi connectivity index (χ2n) is 4.06. The highest BCUT2D eigenvalue weighted by molar-refractivity contribution is 7.87. The number of nitrogens with zero attached hydrogens (tertiary/aromatic N) is 3. The summed E-state index contributed by atoms with van der Waals surface area (Å²) in [6, 6.07) is 1.72. The van der Waals surface area contributed by atoms with Gasteiger partial charge in [0.2, 0.25) is 0 Å². The monoisotopic (exact) mass is 302 g/mol. The zero-order chi connectivity index (χ0) is 14.0. The SMILES string of the molecule is CN(C)S(=O)(=O)NCCn1cnc2sccc2c1=O. The molecule has 0 atom stereocenters. The van der Waals surface area contributed by atoms with Crippen molar-refractivity contribution < 1.29 is 8.42 Å². The van der Waals surface area contributed by atoms with Gasteiger partial charge in [0.05, 0.1) is 11.7 Å². The molecule has 7 nitrogen and oxygen atoms in total. The molecule has 0 saturated heterocycles. The summed E-state index contributed by atoms with van der Waals surface area (Å²) >= 11 is 1.40. The van der Waals surface area contributed by atoms with Crippen LogP contribution in [-0.2, 0) is 16.8 Å². The molecule has 0 spiro atoms. The molecule has 1 N–H and O–H groups in total. The first-order valence-corrected chi connectivity index (χ1v) is 7.83. The lowest BCUT2D eigenvalue weighted by atomic mass is 10.4. The maximum absolute atomic E-state index is 12.0. The number of rotatable bonds is 5. The van der Waals surface area contributed by atoms with Crippen LogP contribution in [0.15, 0.2) is 22.6 Å². The van der Waals surface area contributed by atoms with Crippen LogP contribution in [0.25, 0.3) is 10.2 Å². The van der Waals surface area contributed by atoms with Crippen molar-refractivity contribution in [3.63, 3.8) is 0 Å². The minimum absolute atomic E-state index is 0.137. The van der Waals surface area contributed by atoms with Crippen molar-refractivity contribution >= 4 is 31.8 Å². The molecule has 0 aliphatic heterocycles. The Morgan fingerprint density at radius 2 is 2.21 bits per heavy atom. The number of thiophene rings is 1. The van der Waals surface area contributed by atoms with E-state index in [2.05, 4.69) is 9.71 Å². The summed E-state index contributed by atoms with van der Waals surface area (Å²) in [5, 5.41) is 2.36. The van der Waals surface area contributed by atoms with Gasteiger partial charge in [0.1, 0.15) is 4.83 Å². The molecule has 9 heteroatoms. The lowest BCUT2D eigenvalue weighted by Crippen LogP contribution is -2.38. The smallest absolute Gasteiger partial charge is 0.278 e. The molecule has 2 rings (SSSR count). The molecule has 2 heterocycles. The van der Waals surface area contributed by atoms with E-state index in [0.29, 0.717) is 10.2 Å². The molecule has 19 heavy (non-hydrogen) atoms. The molecule has 0 bridgehead atoms. The van der Waals surface area contributed by atoms with Crippen LogP contribution in [0.5, 0.6) is 0 Å². The molecule has 0 aromatic carbocycles. The van der Waals surface area contributed by atoms with E-state index >= 15 is 0 Å². The number of aromatic nitrogens is 2. The van der Waals surface area contributed by atoms with Gasteiger partial charge in [-0.15, -0.1) is 11.3 Å². The van der Waals surface area contributed by atoms with E-state index in [4.69, 9.17) is 0 Å². The minimum atomic E-state index is -3.46. The maximum Gasteiger partial charge on any atom is 0.278 e. The number of nitrogens with one attached hydrogen (secondary N) is 1. The average Bonchev–Trinajstić information content (AvgIpc) is 2.80. The van der Waals surface area contributed by atoms with Gasteiger partial charge in [-0.1, -0.05) is 0 Å².